The third-order valence-corrected chi connectivity index (χ3v) is 2.62. The highest BCUT2D eigenvalue weighted by atomic mass is 32.2. The fourth-order valence-electron chi connectivity index (χ4n) is 1.43. The van der Waals surface area contributed by atoms with Gasteiger partial charge >= 0.3 is 0 Å². The predicted molar refractivity (Wildman–Crippen MR) is 48.3 cm³/mol. The highest BCUT2D eigenvalue weighted by molar-refractivity contribution is 7.98. The molecular formula is C8H11N3S. The van der Waals surface area contributed by atoms with Crippen molar-refractivity contribution in [2.24, 2.45) is 0 Å². The molecule has 0 atom stereocenters. The average molecular weight is 181 g/mol. The number of aromatic nitrogens is 3. The first-order valence-electron chi connectivity index (χ1n) is 4.16. The average Bonchev–Trinajstić information content (AvgIpc) is 2.17. The Morgan fingerprint density at radius 2 is 1.83 bits per heavy atom. The molecular weight excluding hydrogens is 170 g/mol. The predicted octanol–water partition coefficient (Wildman–Crippen LogP) is 1.47. The first-order valence-corrected chi connectivity index (χ1v) is 5.39. The highest BCUT2D eigenvalue weighted by Crippen LogP contribution is 2.18. The molecule has 0 amide bonds. The summed E-state index contributed by atoms with van der Waals surface area (Å²) in [7, 11) is 0. The zero-order valence-electron chi connectivity index (χ0n) is 7.08. The molecule has 1 aromatic heterocycles. The van der Waals surface area contributed by atoms with Gasteiger partial charge in [0.1, 0.15) is 0 Å². The molecule has 0 bridgehead atoms. The molecule has 4 heteroatoms. The first kappa shape index (κ1) is 7.98. The summed E-state index contributed by atoms with van der Waals surface area (Å²) >= 11 is 1.56. The lowest BCUT2D eigenvalue weighted by Crippen LogP contribution is -2.09. The number of rotatable bonds is 1. The van der Waals surface area contributed by atoms with Crippen LogP contribution in [0.5, 0.6) is 0 Å². The van der Waals surface area contributed by atoms with Gasteiger partial charge in [-0.2, -0.15) is 5.10 Å². The minimum Gasteiger partial charge on any atom is -0.224 e. The van der Waals surface area contributed by atoms with Gasteiger partial charge in [-0.1, -0.05) is 11.8 Å². The summed E-state index contributed by atoms with van der Waals surface area (Å²) in [5, 5.41) is 8.97. The summed E-state index contributed by atoms with van der Waals surface area (Å²) in [6.45, 7) is 0. The van der Waals surface area contributed by atoms with E-state index in [9.17, 15) is 0 Å². The third-order valence-electron chi connectivity index (χ3n) is 2.08. The minimum absolute atomic E-state index is 0.802. The van der Waals surface area contributed by atoms with E-state index in [0.29, 0.717) is 0 Å². The Bertz CT molecular complexity index is 288. The van der Waals surface area contributed by atoms with Crippen LogP contribution in [0.2, 0.25) is 0 Å². The zero-order chi connectivity index (χ0) is 8.39. The number of thioether (sulfide) groups is 1. The smallest absolute Gasteiger partial charge is 0.209 e. The Hall–Kier alpha value is -0.640. The monoisotopic (exact) mass is 181 g/mol. The van der Waals surface area contributed by atoms with Crippen LogP contribution >= 0.6 is 11.8 Å². The summed E-state index contributed by atoms with van der Waals surface area (Å²) in [5.41, 5.74) is 2.28. The number of fused-ring (bicyclic) bond motifs is 1. The van der Waals surface area contributed by atoms with Crippen LogP contribution in [0.15, 0.2) is 5.16 Å². The molecule has 3 nitrogen and oxygen atoms in total. The van der Waals surface area contributed by atoms with E-state index in [4.69, 9.17) is 0 Å². The van der Waals surface area contributed by atoms with Gasteiger partial charge in [-0.15, -0.1) is 5.10 Å². The SMILES string of the molecule is CSc1nnc2c(n1)CCCC2. The van der Waals surface area contributed by atoms with E-state index in [1.165, 1.54) is 18.5 Å². The lowest BCUT2D eigenvalue weighted by Gasteiger charge is -2.12. The Morgan fingerprint density at radius 3 is 2.58 bits per heavy atom. The lowest BCUT2D eigenvalue weighted by atomic mass is 10.0. The molecule has 1 aromatic rings. The number of hydrogen-bond acceptors (Lipinski definition) is 4. The van der Waals surface area contributed by atoms with Gasteiger partial charge in [0.2, 0.25) is 5.16 Å². The molecule has 1 aliphatic carbocycles. The topological polar surface area (TPSA) is 38.7 Å². The Morgan fingerprint density at radius 1 is 1.08 bits per heavy atom. The van der Waals surface area contributed by atoms with Gasteiger partial charge < -0.3 is 0 Å². The molecule has 1 heterocycles. The molecule has 0 fully saturated rings. The van der Waals surface area contributed by atoms with Gasteiger partial charge in [0, 0.05) is 0 Å². The Balaban J connectivity index is 2.36. The molecule has 0 aromatic carbocycles. The van der Waals surface area contributed by atoms with Crippen molar-refractivity contribution in [2.45, 2.75) is 30.8 Å². The summed E-state index contributed by atoms with van der Waals surface area (Å²) in [4.78, 5) is 4.42. The van der Waals surface area contributed by atoms with Crippen molar-refractivity contribution in [3.63, 3.8) is 0 Å². The van der Waals surface area contributed by atoms with E-state index in [-0.39, 0.29) is 0 Å². The molecule has 0 radical (unpaired) electrons. The van der Waals surface area contributed by atoms with Gasteiger partial charge in [0.25, 0.3) is 0 Å². The van der Waals surface area contributed by atoms with Gasteiger partial charge in [0.15, 0.2) is 0 Å². The molecule has 64 valence electrons. The highest BCUT2D eigenvalue weighted by Gasteiger charge is 2.12. The summed E-state index contributed by atoms with van der Waals surface area (Å²) < 4.78 is 0. The van der Waals surface area contributed by atoms with E-state index < -0.39 is 0 Å². The fourth-order valence-corrected chi connectivity index (χ4v) is 1.75. The fraction of sp³-hybridized carbons (Fsp3) is 0.625. The molecule has 1 aliphatic rings. The zero-order valence-corrected chi connectivity index (χ0v) is 7.89. The quantitative estimate of drug-likeness (QED) is 0.615. The van der Waals surface area contributed by atoms with E-state index in [2.05, 4.69) is 15.2 Å². The maximum atomic E-state index is 4.42. The molecule has 0 saturated heterocycles. The standard InChI is InChI=1S/C8H11N3S/c1-12-8-9-6-4-2-3-5-7(6)10-11-8/h2-5H2,1H3. The van der Waals surface area contributed by atoms with Crippen LogP contribution in [-0.4, -0.2) is 21.4 Å². The normalized spacial score (nSPS) is 15.8. The van der Waals surface area contributed by atoms with Gasteiger partial charge in [0.05, 0.1) is 11.4 Å². The third kappa shape index (κ3) is 1.43. The van der Waals surface area contributed by atoms with Crippen LogP contribution in [0.1, 0.15) is 24.2 Å². The lowest BCUT2D eigenvalue weighted by molar-refractivity contribution is 0.611. The summed E-state index contributed by atoms with van der Waals surface area (Å²) in [6, 6.07) is 0. The Kier molecular flexibility index (Phi) is 2.26. The number of nitrogens with zero attached hydrogens (tertiary/aromatic N) is 3. The minimum atomic E-state index is 0.802. The Labute approximate surface area is 76.0 Å². The molecule has 2 rings (SSSR count). The van der Waals surface area contributed by atoms with Crippen molar-refractivity contribution in [3.8, 4) is 0 Å². The van der Waals surface area contributed by atoms with E-state index in [0.717, 1.165) is 23.7 Å². The van der Waals surface area contributed by atoms with E-state index in [1.807, 2.05) is 6.26 Å². The van der Waals surface area contributed by atoms with Gasteiger partial charge in [-0.05, 0) is 31.9 Å². The summed E-state index contributed by atoms with van der Waals surface area (Å²) in [6.07, 6.45) is 6.61. The van der Waals surface area contributed by atoms with Crippen molar-refractivity contribution >= 4 is 11.8 Å². The molecule has 0 unspecified atom stereocenters. The van der Waals surface area contributed by atoms with Gasteiger partial charge in [-0.25, -0.2) is 4.98 Å². The number of aryl methyl sites for hydroxylation is 2. The van der Waals surface area contributed by atoms with Crippen LogP contribution in [0.3, 0.4) is 0 Å². The van der Waals surface area contributed by atoms with Crippen LogP contribution in [0.25, 0.3) is 0 Å². The maximum absolute atomic E-state index is 4.42. The van der Waals surface area contributed by atoms with Crippen LogP contribution in [-0.2, 0) is 12.8 Å². The number of hydrogen-bond donors (Lipinski definition) is 0. The van der Waals surface area contributed by atoms with E-state index in [1.54, 1.807) is 11.8 Å². The van der Waals surface area contributed by atoms with E-state index >= 15 is 0 Å². The van der Waals surface area contributed by atoms with Gasteiger partial charge in [-0.3, -0.25) is 0 Å². The van der Waals surface area contributed by atoms with Crippen molar-refractivity contribution < 1.29 is 0 Å². The van der Waals surface area contributed by atoms with Crippen molar-refractivity contribution in [1.29, 1.82) is 0 Å². The second-order valence-corrected chi connectivity index (χ2v) is 3.67. The molecule has 12 heavy (non-hydrogen) atoms. The maximum Gasteiger partial charge on any atom is 0.209 e. The van der Waals surface area contributed by atoms with Crippen molar-refractivity contribution in [1.82, 2.24) is 15.2 Å². The molecule has 0 aliphatic heterocycles. The summed E-state index contributed by atoms with van der Waals surface area (Å²) in [5.74, 6) is 0. The molecule has 0 spiro atoms. The van der Waals surface area contributed by atoms with Crippen LogP contribution < -0.4 is 0 Å². The van der Waals surface area contributed by atoms with Crippen LogP contribution in [0, 0.1) is 0 Å². The second kappa shape index (κ2) is 3.39. The van der Waals surface area contributed by atoms with Crippen LogP contribution in [0.4, 0.5) is 0 Å². The van der Waals surface area contributed by atoms with Crippen molar-refractivity contribution in [2.75, 3.05) is 6.26 Å². The first-order chi connectivity index (χ1) is 5.90. The molecule has 0 saturated carbocycles. The van der Waals surface area contributed by atoms with Crippen molar-refractivity contribution in [3.05, 3.63) is 11.4 Å². The second-order valence-electron chi connectivity index (χ2n) is 2.90. The molecule has 0 N–H and O–H groups in total. The largest absolute Gasteiger partial charge is 0.224 e.